The Morgan fingerprint density at radius 3 is 2.30 bits per heavy atom. The monoisotopic (exact) mass is 636 g/mol. The summed E-state index contributed by atoms with van der Waals surface area (Å²) in [7, 11) is 3.05. The number of fused-ring (bicyclic) bond motifs is 2. The van der Waals surface area contributed by atoms with E-state index in [4.69, 9.17) is 9.47 Å². The molecule has 0 spiro atoms. The number of rotatable bonds is 7. The van der Waals surface area contributed by atoms with Gasteiger partial charge in [-0.05, 0) is 48.4 Å². The molecule has 4 amide bonds. The summed E-state index contributed by atoms with van der Waals surface area (Å²) in [4.78, 5) is 76.2. The molecule has 47 heavy (non-hydrogen) atoms. The molecule has 7 rings (SSSR count). The van der Waals surface area contributed by atoms with Crippen LogP contribution in [0.1, 0.15) is 39.1 Å². The van der Waals surface area contributed by atoms with Gasteiger partial charge in [-0.1, -0.05) is 6.07 Å². The van der Waals surface area contributed by atoms with Gasteiger partial charge in [-0.25, -0.2) is 4.98 Å². The van der Waals surface area contributed by atoms with Crippen molar-refractivity contribution in [2.75, 3.05) is 45.3 Å². The summed E-state index contributed by atoms with van der Waals surface area (Å²) < 4.78 is 10.7. The standard InChI is InChI=1S/C34H32N6O7/c1-46-22-16-25-29(27(17-22)47-2)32(43)37-30(35-25)20-4-6-21(7-5-20)39-13-11-38(12-14-39)18-19-3-8-23-24(15-19)34(45)40(33(23)44)26-9-10-28(41)36-31(26)42/h3-8,15-17,26H,9-14,18H2,1-2H3,(H,35,37,43)(H,36,41,42). The van der Waals surface area contributed by atoms with Crippen molar-refractivity contribution < 1.29 is 28.7 Å². The molecule has 13 nitrogen and oxygen atoms in total. The first-order valence-corrected chi connectivity index (χ1v) is 15.3. The number of piperazine rings is 1. The molecule has 2 saturated heterocycles. The molecule has 240 valence electrons. The number of imide groups is 2. The maximum atomic E-state index is 13.2. The first kappa shape index (κ1) is 30.1. The number of hydrogen-bond donors (Lipinski definition) is 2. The lowest BCUT2D eigenvalue weighted by Crippen LogP contribution is -2.54. The second kappa shape index (κ2) is 12.0. The van der Waals surface area contributed by atoms with E-state index in [0.717, 1.165) is 47.9 Å². The number of aromatic amines is 1. The number of carbonyl (C=O) groups excluding carboxylic acids is 4. The fourth-order valence-electron chi connectivity index (χ4n) is 6.50. The number of benzene rings is 3. The molecule has 0 bridgehead atoms. The Morgan fingerprint density at radius 1 is 0.851 bits per heavy atom. The van der Waals surface area contributed by atoms with E-state index in [9.17, 15) is 24.0 Å². The van der Waals surface area contributed by atoms with Crippen LogP contribution < -0.4 is 25.2 Å². The molecule has 4 heterocycles. The number of amides is 4. The summed E-state index contributed by atoms with van der Waals surface area (Å²) in [5.74, 6) is -0.642. The van der Waals surface area contributed by atoms with Crippen LogP contribution in [0.5, 0.6) is 11.5 Å². The minimum atomic E-state index is -0.981. The zero-order valence-electron chi connectivity index (χ0n) is 25.9. The lowest BCUT2D eigenvalue weighted by Gasteiger charge is -2.36. The molecule has 0 aliphatic carbocycles. The highest BCUT2D eigenvalue weighted by molar-refractivity contribution is 6.23. The van der Waals surface area contributed by atoms with Crippen LogP contribution in [-0.4, -0.2) is 89.8 Å². The van der Waals surface area contributed by atoms with E-state index in [0.29, 0.717) is 34.8 Å². The van der Waals surface area contributed by atoms with Crippen LogP contribution in [0.3, 0.4) is 0 Å². The molecule has 2 N–H and O–H groups in total. The predicted molar refractivity (Wildman–Crippen MR) is 172 cm³/mol. The lowest BCUT2D eigenvalue weighted by atomic mass is 10.0. The summed E-state index contributed by atoms with van der Waals surface area (Å²) in [6.07, 6.45) is 0.209. The smallest absolute Gasteiger partial charge is 0.262 e. The van der Waals surface area contributed by atoms with Crippen LogP contribution in [0.25, 0.3) is 22.3 Å². The molecule has 3 aliphatic rings. The van der Waals surface area contributed by atoms with Gasteiger partial charge in [0.05, 0.1) is 30.9 Å². The summed E-state index contributed by atoms with van der Waals surface area (Å²) >= 11 is 0. The number of anilines is 1. The van der Waals surface area contributed by atoms with E-state index in [2.05, 4.69) is 25.1 Å². The second-order valence-corrected chi connectivity index (χ2v) is 11.8. The molecule has 0 saturated carbocycles. The maximum Gasteiger partial charge on any atom is 0.262 e. The van der Waals surface area contributed by atoms with Crippen molar-refractivity contribution in [3.05, 3.63) is 81.6 Å². The van der Waals surface area contributed by atoms with E-state index in [-0.39, 0.29) is 29.5 Å². The normalized spacial score (nSPS) is 18.5. The van der Waals surface area contributed by atoms with Crippen LogP contribution in [0, 0.1) is 0 Å². The molecule has 1 atom stereocenters. The quantitative estimate of drug-likeness (QED) is 0.289. The number of nitrogens with one attached hydrogen (secondary N) is 2. The number of nitrogens with zero attached hydrogens (tertiary/aromatic N) is 4. The molecular weight excluding hydrogens is 604 g/mol. The Kier molecular flexibility index (Phi) is 7.68. The largest absolute Gasteiger partial charge is 0.497 e. The zero-order valence-corrected chi connectivity index (χ0v) is 25.9. The second-order valence-electron chi connectivity index (χ2n) is 11.8. The van der Waals surface area contributed by atoms with Crippen molar-refractivity contribution in [1.29, 1.82) is 0 Å². The summed E-state index contributed by atoms with van der Waals surface area (Å²) in [5, 5.41) is 2.58. The van der Waals surface area contributed by atoms with Crippen LogP contribution in [0.4, 0.5) is 5.69 Å². The fourth-order valence-corrected chi connectivity index (χ4v) is 6.50. The number of hydrogen-bond acceptors (Lipinski definition) is 10. The topological polar surface area (TPSA) is 154 Å². The van der Waals surface area contributed by atoms with E-state index < -0.39 is 29.7 Å². The third-order valence-corrected chi connectivity index (χ3v) is 8.99. The molecule has 3 aliphatic heterocycles. The van der Waals surface area contributed by atoms with Crippen molar-refractivity contribution in [2.45, 2.75) is 25.4 Å². The Hall–Kier alpha value is -5.56. The van der Waals surface area contributed by atoms with Gasteiger partial charge >= 0.3 is 0 Å². The van der Waals surface area contributed by atoms with Crippen LogP contribution >= 0.6 is 0 Å². The molecule has 13 heteroatoms. The van der Waals surface area contributed by atoms with Crippen LogP contribution in [-0.2, 0) is 16.1 Å². The number of ether oxygens (including phenoxy) is 2. The Balaban J connectivity index is 0.997. The number of aromatic nitrogens is 2. The van der Waals surface area contributed by atoms with Crippen LogP contribution in [0.2, 0.25) is 0 Å². The fraction of sp³-hybridized carbons (Fsp3) is 0.294. The molecule has 0 radical (unpaired) electrons. The van der Waals surface area contributed by atoms with E-state index in [1.165, 1.54) is 7.11 Å². The van der Waals surface area contributed by atoms with Crippen molar-refractivity contribution in [3.8, 4) is 22.9 Å². The van der Waals surface area contributed by atoms with Gasteiger partial charge in [0.25, 0.3) is 17.4 Å². The van der Waals surface area contributed by atoms with Gasteiger partial charge in [0.15, 0.2) is 0 Å². The number of methoxy groups -OCH3 is 2. The van der Waals surface area contributed by atoms with Crippen molar-refractivity contribution in [3.63, 3.8) is 0 Å². The zero-order chi connectivity index (χ0) is 32.8. The third kappa shape index (κ3) is 5.48. The van der Waals surface area contributed by atoms with E-state index in [1.807, 2.05) is 30.3 Å². The highest BCUT2D eigenvalue weighted by Gasteiger charge is 2.44. The minimum absolute atomic E-state index is 0.0831. The molecule has 3 aromatic carbocycles. The molecule has 2 fully saturated rings. The van der Waals surface area contributed by atoms with Crippen molar-refractivity contribution >= 4 is 40.2 Å². The maximum absolute atomic E-state index is 13.2. The lowest BCUT2D eigenvalue weighted by molar-refractivity contribution is -0.136. The summed E-state index contributed by atoms with van der Waals surface area (Å²) in [6.45, 7) is 3.76. The Bertz CT molecular complexity index is 2000. The molecular formula is C34H32N6O7. The number of carbonyl (C=O) groups is 4. The number of H-pyrrole nitrogens is 1. The first-order chi connectivity index (χ1) is 22.7. The molecule has 4 aromatic rings. The minimum Gasteiger partial charge on any atom is -0.497 e. The van der Waals surface area contributed by atoms with Gasteiger partial charge in [-0.15, -0.1) is 0 Å². The number of piperidine rings is 1. The van der Waals surface area contributed by atoms with Crippen molar-refractivity contribution in [1.82, 2.24) is 25.1 Å². The third-order valence-electron chi connectivity index (χ3n) is 8.99. The average molecular weight is 637 g/mol. The average Bonchev–Trinajstić information content (AvgIpc) is 3.32. The Labute approximate surface area is 269 Å². The van der Waals surface area contributed by atoms with Gasteiger partial charge in [0.2, 0.25) is 11.8 Å². The highest BCUT2D eigenvalue weighted by atomic mass is 16.5. The van der Waals surface area contributed by atoms with Crippen LogP contribution in [0.15, 0.2) is 59.4 Å². The van der Waals surface area contributed by atoms with Gasteiger partial charge in [0, 0.05) is 62.5 Å². The first-order valence-electron chi connectivity index (χ1n) is 15.3. The van der Waals surface area contributed by atoms with Gasteiger partial charge < -0.3 is 19.4 Å². The molecule has 1 unspecified atom stereocenters. The van der Waals surface area contributed by atoms with Gasteiger partial charge in [0.1, 0.15) is 28.8 Å². The summed E-state index contributed by atoms with van der Waals surface area (Å²) in [5.41, 5.74) is 3.47. The highest BCUT2D eigenvalue weighted by Crippen LogP contribution is 2.31. The van der Waals surface area contributed by atoms with E-state index >= 15 is 0 Å². The SMILES string of the molecule is COc1cc(OC)c2c(=O)[nH]c(-c3ccc(N4CCN(Cc5ccc6c(c5)C(=O)N(C5CCC(=O)NC5=O)C6=O)CC4)cc3)nc2c1. The van der Waals surface area contributed by atoms with Gasteiger partial charge in [-0.2, -0.15) is 0 Å². The van der Waals surface area contributed by atoms with E-state index in [1.54, 1.807) is 31.4 Å². The molecule has 1 aromatic heterocycles. The Morgan fingerprint density at radius 2 is 1.60 bits per heavy atom. The van der Waals surface area contributed by atoms with Crippen molar-refractivity contribution in [2.24, 2.45) is 0 Å². The van der Waals surface area contributed by atoms with Gasteiger partial charge in [-0.3, -0.25) is 39.1 Å². The summed E-state index contributed by atoms with van der Waals surface area (Å²) in [6, 6.07) is 15.5. The predicted octanol–water partition coefficient (Wildman–Crippen LogP) is 2.33.